The molecule has 2 amide bonds. The van der Waals surface area contributed by atoms with Crippen molar-refractivity contribution in [3.63, 3.8) is 0 Å². The Balaban J connectivity index is 1.76. The molecule has 3 aromatic rings. The predicted molar refractivity (Wildman–Crippen MR) is 129 cm³/mol. The Morgan fingerprint density at radius 1 is 0.971 bits per heavy atom. The lowest BCUT2D eigenvalue weighted by atomic mass is 9.94. The molecule has 1 N–H and O–H groups in total. The average Bonchev–Trinajstić information content (AvgIpc) is 3.31. The summed E-state index contributed by atoms with van der Waals surface area (Å²) in [6.07, 6.45) is 9.15. The van der Waals surface area contributed by atoms with Crippen LogP contribution >= 0.6 is 0 Å². The first-order chi connectivity index (χ1) is 16.5. The summed E-state index contributed by atoms with van der Waals surface area (Å²) in [4.78, 5) is 42.6. The molecule has 0 bridgehead atoms. The SMILES string of the molecule is CCc1ccc[n+](C2=C(c3c(-c4ccccc4)[nH]n(C)c3=O)C(=O)N(C3CCCCC3)C2=O)c1. The summed E-state index contributed by atoms with van der Waals surface area (Å²) in [7, 11) is 1.63. The minimum absolute atomic E-state index is 0.140. The lowest BCUT2D eigenvalue weighted by molar-refractivity contribution is -0.577. The Bertz CT molecular complexity index is 1340. The minimum Gasteiger partial charge on any atom is -0.295 e. The second-order valence-electron chi connectivity index (χ2n) is 9.06. The highest BCUT2D eigenvalue weighted by Gasteiger charge is 2.50. The van der Waals surface area contributed by atoms with Crippen LogP contribution in [0.2, 0.25) is 0 Å². The molecule has 1 fully saturated rings. The second kappa shape index (κ2) is 8.89. The Hall–Kier alpha value is -3.74. The van der Waals surface area contributed by atoms with Crippen LogP contribution in [-0.4, -0.2) is 32.5 Å². The molecule has 1 aliphatic carbocycles. The fourth-order valence-electron chi connectivity index (χ4n) is 5.14. The number of carbonyl (C=O) groups is 2. The lowest BCUT2D eigenvalue weighted by Gasteiger charge is -2.29. The van der Waals surface area contributed by atoms with Crippen LogP contribution in [0.5, 0.6) is 0 Å². The van der Waals surface area contributed by atoms with Crippen LogP contribution in [0.25, 0.3) is 22.5 Å². The number of aromatic amines is 1. The largest absolute Gasteiger partial charge is 0.327 e. The zero-order valence-corrected chi connectivity index (χ0v) is 19.6. The highest BCUT2D eigenvalue weighted by Crippen LogP contribution is 2.36. The van der Waals surface area contributed by atoms with E-state index >= 15 is 0 Å². The third-order valence-corrected chi connectivity index (χ3v) is 6.92. The number of nitrogens with one attached hydrogen (secondary N) is 1. The Kier molecular flexibility index (Phi) is 5.77. The van der Waals surface area contributed by atoms with E-state index in [9.17, 15) is 14.4 Å². The highest BCUT2D eigenvalue weighted by molar-refractivity contribution is 6.45. The molecule has 1 aliphatic heterocycles. The van der Waals surface area contributed by atoms with Gasteiger partial charge in [-0.25, -0.2) is 0 Å². The number of nitrogens with zero attached hydrogens (tertiary/aromatic N) is 3. The van der Waals surface area contributed by atoms with Gasteiger partial charge in [-0.1, -0.05) is 56.5 Å². The molecule has 7 nitrogen and oxygen atoms in total. The van der Waals surface area contributed by atoms with Crippen molar-refractivity contribution >= 4 is 23.1 Å². The van der Waals surface area contributed by atoms with Gasteiger partial charge in [0.05, 0.1) is 11.3 Å². The van der Waals surface area contributed by atoms with Gasteiger partial charge >= 0.3 is 5.91 Å². The third-order valence-electron chi connectivity index (χ3n) is 6.92. The molecule has 0 atom stereocenters. The van der Waals surface area contributed by atoms with Crippen molar-refractivity contribution < 1.29 is 14.2 Å². The summed E-state index contributed by atoms with van der Waals surface area (Å²) in [6, 6.07) is 13.2. The minimum atomic E-state index is -0.379. The predicted octanol–water partition coefficient (Wildman–Crippen LogP) is 3.30. The summed E-state index contributed by atoms with van der Waals surface area (Å²) < 4.78 is 3.09. The Morgan fingerprint density at radius 2 is 1.71 bits per heavy atom. The standard InChI is InChI=1S/C27H28N4O3/c1-3-18-11-10-16-30(17-18)24-22(26(33)31(27(24)34)20-14-8-5-9-15-20)21-23(28-29(2)25(21)32)19-12-6-4-7-13-19/h4,6-7,10-13,16-17,20H,3,5,8-9,14-15H2,1-2H3/p+1. The molecule has 174 valence electrons. The zero-order chi connectivity index (χ0) is 23.8. The maximum atomic E-state index is 14.0. The molecule has 0 radical (unpaired) electrons. The van der Waals surface area contributed by atoms with E-state index < -0.39 is 0 Å². The van der Waals surface area contributed by atoms with Gasteiger partial charge < -0.3 is 0 Å². The summed E-state index contributed by atoms with van der Waals surface area (Å²) >= 11 is 0. The molecule has 34 heavy (non-hydrogen) atoms. The van der Waals surface area contributed by atoms with Gasteiger partial charge in [-0.2, -0.15) is 4.57 Å². The quantitative estimate of drug-likeness (QED) is 0.472. The number of carbonyl (C=O) groups excluding carboxylic acids is 2. The second-order valence-corrected chi connectivity index (χ2v) is 9.06. The molecule has 5 rings (SSSR count). The van der Waals surface area contributed by atoms with Crippen LogP contribution in [0.1, 0.15) is 50.2 Å². The Morgan fingerprint density at radius 3 is 2.41 bits per heavy atom. The van der Waals surface area contributed by atoms with Gasteiger partial charge in [0, 0.05) is 30.3 Å². The number of aryl methyl sites for hydroxylation is 2. The fourth-order valence-corrected chi connectivity index (χ4v) is 5.14. The highest BCUT2D eigenvalue weighted by atomic mass is 16.2. The van der Waals surface area contributed by atoms with Crippen LogP contribution in [0.3, 0.4) is 0 Å². The average molecular weight is 458 g/mol. The number of imide groups is 1. The van der Waals surface area contributed by atoms with Crippen molar-refractivity contribution in [2.75, 3.05) is 0 Å². The smallest absolute Gasteiger partial charge is 0.295 e. The van der Waals surface area contributed by atoms with Crippen molar-refractivity contribution in [3.05, 3.63) is 76.3 Å². The van der Waals surface area contributed by atoms with Crippen molar-refractivity contribution in [2.45, 2.75) is 51.5 Å². The number of H-pyrrole nitrogens is 1. The molecule has 0 unspecified atom stereocenters. The number of hydrogen-bond acceptors (Lipinski definition) is 3. The number of benzene rings is 1. The normalized spacial score (nSPS) is 17.2. The maximum Gasteiger partial charge on any atom is 0.327 e. The van der Waals surface area contributed by atoms with Crippen LogP contribution in [0.15, 0.2) is 59.7 Å². The van der Waals surface area contributed by atoms with Crippen LogP contribution in [0, 0.1) is 0 Å². The molecule has 7 heteroatoms. The number of amides is 2. The first-order valence-corrected chi connectivity index (χ1v) is 12.0. The molecule has 0 spiro atoms. The van der Waals surface area contributed by atoms with Crippen molar-refractivity contribution in [3.8, 4) is 11.3 Å². The first-order valence-electron chi connectivity index (χ1n) is 12.0. The summed E-state index contributed by atoms with van der Waals surface area (Å²) in [6.45, 7) is 2.04. The van der Waals surface area contributed by atoms with E-state index in [-0.39, 0.29) is 40.2 Å². The van der Waals surface area contributed by atoms with Crippen molar-refractivity contribution in [1.29, 1.82) is 0 Å². The topological polar surface area (TPSA) is 79.1 Å². The summed E-state index contributed by atoms with van der Waals surface area (Å²) in [5.74, 6) is -0.706. The number of rotatable bonds is 5. The van der Waals surface area contributed by atoms with E-state index in [1.54, 1.807) is 17.8 Å². The van der Waals surface area contributed by atoms with E-state index in [1.807, 2.05) is 55.6 Å². The Labute approximate surface area is 198 Å². The van der Waals surface area contributed by atoms with Crippen LogP contribution in [0.4, 0.5) is 0 Å². The monoisotopic (exact) mass is 457 g/mol. The fraction of sp³-hybridized carbons (Fsp3) is 0.333. The maximum absolute atomic E-state index is 14.0. The van der Waals surface area contributed by atoms with E-state index in [4.69, 9.17) is 0 Å². The third kappa shape index (κ3) is 3.61. The summed E-state index contributed by atoms with van der Waals surface area (Å²) in [5.41, 5.74) is 2.70. The molecule has 3 heterocycles. The van der Waals surface area contributed by atoms with Crippen LogP contribution < -0.4 is 10.1 Å². The van der Waals surface area contributed by atoms with Gasteiger partial charge in [0.1, 0.15) is 5.57 Å². The van der Waals surface area contributed by atoms with E-state index in [0.717, 1.165) is 49.7 Å². The molecule has 2 aliphatic rings. The zero-order valence-electron chi connectivity index (χ0n) is 19.6. The van der Waals surface area contributed by atoms with Gasteiger partial charge in [0.15, 0.2) is 12.4 Å². The molecular weight excluding hydrogens is 428 g/mol. The number of hydrogen-bond donors (Lipinski definition) is 1. The molecule has 0 saturated heterocycles. The van der Waals surface area contributed by atoms with Crippen molar-refractivity contribution in [2.24, 2.45) is 7.05 Å². The van der Waals surface area contributed by atoms with Gasteiger partial charge in [0.2, 0.25) is 0 Å². The number of aromatic nitrogens is 3. The summed E-state index contributed by atoms with van der Waals surface area (Å²) in [5, 5.41) is 3.11. The van der Waals surface area contributed by atoms with Gasteiger partial charge in [-0.3, -0.25) is 29.1 Å². The molecule has 2 aromatic heterocycles. The first kappa shape index (κ1) is 22.1. The van der Waals surface area contributed by atoms with Gasteiger partial charge in [0.25, 0.3) is 17.2 Å². The lowest BCUT2D eigenvalue weighted by Crippen LogP contribution is -2.45. The van der Waals surface area contributed by atoms with Crippen molar-refractivity contribution in [1.82, 2.24) is 14.7 Å². The van der Waals surface area contributed by atoms with Gasteiger partial charge in [-0.15, -0.1) is 0 Å². The van der Waals surface area contributed by atoms with E-state index in [0.29, 0.717) is 5.69 Å². The molecular formula is C27H29N4O3+. The number of pyridine rings is 1. The molecule has 1 saturated carbocycles. The van der Waals surface area contributed by atoms with Crippen LogP contribution in [-0.2, 0) is 23.1 Å². The van der Waals surface area contributed by atoms with E-state index in [1.165, 1.54) is 9.58 Å². The van der Waals surface area contributed by atoms with Gasteiger partial charge in [-0.05, 0) is 25.3 Å². The van der Waals surface area contributed by atoms with E-state index in [2.05, 4.69) is 5.10 Å². The molecule has 1 aromatic carbocycles.